The van der Waals surface area contributed by atoms with Gasteiger partial charge in [0, 0.05) is 41.3 Å². The van der Waals surface area contributed by atoms with Crippen molar-refractivity contribution in [2.45, 2.75) is 57.2 Å². The minimum Gasteiger partial charge on any atom is -0.465 e. The van der Waals surface area contributed by atoms with E-state index in [9.17, 15) is 27.9 Å². The van der Waals surface area contributed by atoms with Crippen LogP contribution < -0.4 is 5.32 Å². The van der Waals surface area contributed by atoms with Crippen LogP contribution in [0.3, 0.4) is 0 Å². The van der Waals surface area contributed by atoms with Gasteiger partial charge in [-0.1, -0.05) is 0 Å². The second-order valence-electron chi connectivity index (χ2n) is 7.30. The Labute approximate surface area is 174 Å². The zero-order valence-electron chi connectivity index (χ0n) is 16.2. The molecule has 1 saturated carbocycles. The predicted octanol–water partition coefficient (Wildman–Crippen LogP) is 3.92. The number of halogens is 3. The summed E-state index contributed by atoms with van der Waals surface area (Å²) in [5.74, 6) is 0.0253. The lowest BCUT2D eigenvalue weighted by Crippen LogP contribution is -2.40. The number of aromatic nitrogens is 3. The lowest BCUT2D eigenvalue weighted by atomic mass is 10.0. The van der Waals surface area contributed by atoms with E-state index in [4.69, 9.17) is 0 Å². The minimum absolute atomic E-state index is 0.0671. The highest BCUT2D eigenvalue weighted by atomic mass is 32.1. The van der Waals surface area contributed by atoms with E-state index < -0.39 is 31.3 Å². The van der Waals surface area contributed by atoms with E-state index >= 15 is 0 Å². The summed E-state index contributed by atoms with van der Waals surface area (Å²) in [6.45, 7) is 1.33. The van der Waals surface area contributed by atoms with Gasteiger partial charge in [-0.05, 0) is 26.2 Å². The number of carboxylic acid groups (broad SMARTS) is 1. The fourth-order valence-electron chi connectivity index (χ4n) is 3.62. The third-order valence-corrected chi connectivity index (χ3v) is 5.93. The van der Waals surface area contributed by atoms with Gasteiger partial charge in [-0.15, -0.1) is 11.3 Å². The number of rotatable bonds is 7. The van der Waals surface area contributed by atoms with Crippen LogP contribution in [-0.4, -0.2) is 56.0 Å². The number of thiazole rings is 1. The first kappa shape index (κ1) is 22.1. The number of aromatic amines is 1. The Bertz CT molecular complexity index is 898. The number of nitrogens with one attached hydrogen (secondary N) is 2. The van der Waals surface area contributed by atoms with E-state index in [1.54, 1.807) is 12.3 Å². The van der Waals surface area contributed by atoms with Crippen LogP contribution in [0.5, 0.6) is 0 Å². The number of H-pyrrole nitrogens is 1. The lowest BCUT2D eigenvalue weighted by Gasteiger charge is -2.26. The van der Waals surface area contributed by atoms with Crippen LogP contribution in [0.4, 0.5) is 23.8 Å². The third-order valence-electron chi connectivity index (χ3n) is 5.01. The normalized spacial score (nSPS) is 19.1. The highest BCUT2D eigenvalue weighted by Gasteiger charge is 2.36. The second kappa shape index (κ2) is 9.02. The standard InChI is InChI=1S/C18H22F3N5O3S/c1-10-9-22-16(30-10)8-15(27)23-14-7-13(24-25-14)11-2-3-12(6-11)26(17(28)29)5-4-18(19,20)21/h7,9,11-12H,2-6,8H2,1H3,(H,28,29)(H2,23,24,25,27). The lowest BCUT2D eigenvalue weighted by molar-refractivity contribution is -0.137. The van der Waals surface area contributed by atoms with Crippen LogP contribution in [-0.2, 0) is 11.2 Å². The van der Waals surface area contributed by atoms with Crippen molar-refractivity contribution in [1.82, 2.24) is 20.1 Å². The SMILES string of the molecule is Cc1cnc(CC(=O)Nc2cc(C3CCC(N(CCC(F)(F)F)C(=O)O)C3)[nH]n2)s1. The fourth-order valence-corrected chi connectivity index (χ4v) is 4.41. The molecule has 1 fully saturated rings. The van der Waals surface area contributed by atoms with E-state index in [0.29, 0.717) is 30.1 Å². The Hall–Kier alpha value is -2.63. The maximum atomic E-state index is 12.5. The van der Waals surface area contributed by atoms with Crippen molar-refractivity contribution in [2.75, 3.05) is 11.9 Å². The molecule has 3 rings (SSSR count). The summed E-state index contributed by atoms with van der Waals surface area (Å²) in [6, 6.07) is 1.20. The molecule has 2 atom stereocenters. The molecule has 2 aromatic heterocycles. The quantitative estimate of drug-likeness (QED) is 0.598. The molecule has 0 radical (unpaired) electrons. The maximum absolute atomic E-state index is 12.5. The molecule has 12 heteroatoms. The maximum Gasteiger partial charge on any atom is 0.407 e. The van der Waals surface area contributed by atoms with E-state index in [-0.39, 0.29) is 18.2 Å². The number of anilines is 1. The van der Waals surface area contributed by atoms with E-state index in [1.807, 2.05) is 6.92 Å². The number of hydrogen-bond acceptors (Lipinski definition) is 5. The number of carbonyl (C=O) groups is 2. The van der Waals surface area contributed by atoms with Crippen molar-refractivity contribution in [1.29, 1.82) is 0 Å². The molecule has 0 bridgehead atoms. The topological polar surface area (TPSA) is 111 Å². The molecule has 8 nitrogen and oxygen atoms in total. The first-order valence-electron chi connectivity index (χ1n) is 9.43. The molecule has 1 aliphatic carbocycles. The molecule has 2 heterocycles. The van der Waals surface area contributed by atoms with Gasteiger partial charge >= 0.3 is 12.3 Å². The highest BCUT2D eigenvalue weighted by molar-refractivity contribution is 7.11. The van der Waals surface area contributed by atoms with Gasteiger partial charge in [-0.25, -0.2) is 9.78 Å². The Kier molecular flexibility index (Phi) is 6.64. The van der Waals surface area contributed by atoms with Crippen molar-refractivity contribution in [3.63, 3.8) is 0 Å². The van der Waals surface area contributed by atoms with Crippen molar-refractivity contribution in [3.05, 3.63) is 27.8 Å². The molecule has 164 valence electrons. The molecule has 2 amide bonds. The molecule has 0 spiro atoms. The number of hydrogen-bond donors (Lipinski definition) is 3. The number of carbonyl (C=O) groups excluding carboxylic acids is 1. The average Bonchev–Trinajstić information content (AvgIpc) is 3.35. The molecular formula is C18H22F3N5O3S. The summed E-state index contributed by atoms with van der Waals surface area (Å²) in [7, 11) is 0. The molecule has 0 aromatic carbocycles. The summed E-state index contributed by atoms with van der Waals surface area (Å²) in [5, 5.41) is 19.6. The van der Waals surface area contributed by atoms with Crippen LogP contribution in [0.25, 0.3) is 0 Å². The van der Waals surface area contributed by atoms with Gasteiger partial charge in [0.15, 0.2) is 5.82 Å². The largest absolute Gasteiger partial charge is 0.465 e. The first-order chi connectivity index (χ1) is 14.1. The van der Waals surface area contributed by atoms with Gasteiger partial charge in [-0.2, -0.15) is 18.3 Å². The summed E-state index contributed by atoms with van der Waals surface area (Å²) in [4.78, 5) is 29.6. The number of alkyl halides is 3. The van der Waals surface area contributed by atoms with Gasteiger partial charge in [-0.3, -0.25) is 9.89 Å². The monoisotopic (exact) mass is 445 g/mol. The molecule has 1 aliphatic rings. The number of aryl methyl sites for hydroxylation is 1. The fraction of sp³-hybridized carbons (Fsp3) is 0.556. The molecule has 30 heavy (non-hydrogen) atoms. The second-order valence-corrected chi connectivity index (χ2v) is 8.62. The molecule has 3 N–H and O–H groups in total. The van der Waals surface area contributed by atoms with Crippen LogP contribution in [0.1, 0.15) is 47.2 Å². The van der Waals surface area contributed by atoms with Gasteiger partial charge in [0.1, 0.15) is 5.01 Å². The Morgan fingerprint density at radius 2 is 2.17 bits per heavy atom. The van der Waals surface area contributed by atoms with Crippen LogP contribution in [0, 0.1) is 6.92 Å². The van der Waals surface area contributed by atoms with Crippen LogP contribution in [0.2, 0.25) is 0 Å². The van der Waals surface area contributed by atoms with Crippen LogP contribution >= 0.6 is 11.3 Å². The van der Waals surface area contributed by atoms with Gasteiger partial charge in [0.05, 0.1) is 12.8 Å². The summed E-state index contributed by atoms with van der Waals surface area (Å²) >= 11 is 1.44. The smallest absolute Gasteiger partial charge is 0.407 e. The molecule has 2 unspecified atom stereocenters. The van der Waals surface area contributed by atoms with Gasteiger partial charge in [0.25, 0.3) is 0 Å². The number of nitrogens with zero attached hydrogens (tertiary/aromatic N) is 3. The first-order valence-corrected chi connectivity index (χ1v) is 10.2. The molecular weight excluding hydrogens is 423 g/mol. The predicted molar refractivity (Wildman–Crippen MR) is 104 cm³/mol. The zero-order valence-corrected chi connectivity index (χ0v) is 17.0. The Balaban J connectivity index is 1.55. The molecule has 2 aromatic rings. The summed E-state index contributed by atoms with van der Waals surface area (Å²) < 4.78 is 37.4. The summed E-state index contributed by atoms with van der Waals surface area (Å²) in [6.07, 6.45) is -3.59. The van der Waals surface area contributed by atoms with E-state index in [1.165, 1.54) is 11.3 Å². The zero-order chi connectivity index (χ0) is 21.9. The average molecular weight is 445 g/mol. The minimum atomic E-state index is -4.40. The van der Waals surface area contributed by atoms with Gasteiger partial charge in [0.2, 0.25) is 5.91 Å². The number of amides is 2. The molecule has 0 aliphatic heterocycles. The summed E-state index contributed by atoms with van der Waals surface area (Å²) in [5.41, 5.74) is 0.721. The third kappa shape index (κ3) is 5.94. The Morgan fingerprint density at radius 3 is 2.80 bits per heavy atom. The van der Waals surface area contributed by atoms with Gasteiger partial charge < -0.3 is 15.3 Å². The highest BCUT2D eigenvalue weighted by Crippen LogP contribution is 2.37. The molecule has 0 saturated heterocycles. The van der Waals surface area contributed by atoms with Crippen molar-refractivity contribution >= 4 is 29.2 Å². The van der Waals surface area contributed by atoms with E-state index in [2.05, 4.69) is 20.5 Å². The van der Waals surface area contributed by atoms with Crippen molar-refractivity contribution in [2.24, 2.45) is 0 Å². The Morgan fingerprint density at radius 1 is 1.40 bits per heavy atom. The van der Waals surface area contributed by atoms with Crippen LogP contribution in [0.15, 0.2) is 12.3 Å². The van der Waals surface area contributed by atoms with E-state index in [0.717, 1.165) is 15.5 Å². The van der Waals surface area contributed by atoms with Crippen molar-refractivity contribution < 1.29 is 27.9 Å². The van der Waals surface area contributed by atoms with Crippen molar-refractivity contribution in [3.8, 4) is 0 Å².